The lowest BCUT2D eigenvalue weighted by atomic mass is 10.1. The summed E-state index contributed by atoms with van der Waals surface area (Å²) in [5.41, 5.74) is 2.79. The van der Waals surface area contributed by atoms with Gasteiger partial charge in [-0.25, -0.2) is 0 Å². The minimum Gasteiger partial charge on any atom is -0.358 e. The Morgan fingerprint density at radius 1 is 1.50 bits per heavy atom. The van der Waals surface area contributed by atoms with Crippen molar-refractivity contribution < 1.29 is 4.79 Å². The smallest absolute Gasteiger partial charge is 0.152 e. The van der Waals surface area contributed by atoms with Gasteiger partial charge in [0.25, 0.3) is 0 Å². The molecule has 0 atom stereocenters. The number of aromatic amines is 1. The third kappa shape index (κ3) is 1.28. The number of aldehydes is 1. The van der Waals surface area contributed by atoms with Gasteiger partial charge in [0.05, 0.1) is 0 Å². The molecule has 1 N–H and O–H groups in total. The van der Waals surface area contributed by atoms with Gasteiger partial charge in [0.15, 0.2) is 6.29 Å². The van der Waals surface area contributed by atoms with Crippen molar-refractivity contribution in [3.8, 4) is 0 Å². The molecule has 0 unspecified atom stereocenters. The van der Waals surface area contributed by atoms with Crippen molar-refractivity contribution in [1.82, 2.24) is 4.98 Å². The molecule has 2 aromatic rings. The molecule has 3 heteroatoms. The van der Waals surface area contributed by atoms with E-state index in [2.05, 4.69) is 20.9 Å². The van der Waals surface area contributed by atoms with Crippen LogP contribution in [0.25, 0.3) is 10.9 Å². The number of halogens is 1. The predicted molar refractivity (Wildman–Crippen MR) is 60.8 cm³/mol. The maximum absolute atomic E-state index is 11.0. The standard InChI is InChI=1S/C11H10BrNO/c1-2-9-7(6-14)11-8(12)4-3-5-10(11)13-9/h3-6,13H,2H2,1H3. The average Bonchev–Trinajstić information content (AvgIpc) is 2.56. The molecule has 0 bridgehead atoms. The summed E-state index contributed by atoms with van der Waals surface area (Å²) in [6.45, 7) is 2.03. The summed E-state index contributed by atoms with van der Waals surface area (Å²) in [7, 11) is 0. The molecule has 72 valence electrons. The number of H-pyrrole nitrogens is 1. The molecule has 0 aliphatic carbocycles. The average molecular weight is 252 g/mol. The lowest BCUT2D eigenvalue weighted by Gasteiger charge is -1.94. The second kappa shape index (κ2) is 3.58. The Bertz CT molecular complexity index is 487. The molecule has 14 heavy (non-hydrogen) atoms. The quantitative estimate of drug-likeness (QED) is 0.817. The third-order valence-electron chi connectivity index (χ3n) is 2.37. The van der Waals surface area contributed by atoms with E-state index in [0.717, 1.165) is 39.3 Å². The fraction of sp³-hybridized carbons (Fsp3) is 0.182. The van der Waals surface area contributed by atoms with E-state index in [1.54, 1.807) is 0 Å². The van der Waals surface area contributed by atoms with Crippen molar-refractivity contribution in [2.24, 2.45) is 0 Å². The Kier molecular flexibility index (Phi) is 2.42. The lowest BCUT2D eigenvalue weighted by molar-refractivity contribution is 0.112. The molecule has 1 aromatic heterocycles. The van der Waals surface area contributed by atoms with Gasteiger partial charge < -0.3 is 4.98 Å². The van der Waals surface area contributed by atoms with Crippen LogP contribution in [0.15, 0.2) is 22.7 Å². The highest BCUT2D eigenvalue weighted by atomic mass is 79.9. The minimum atomic E-state index is 0.773. The van der Waals surface area contributed by atoms with E-state index in [-0.39, 0.29) is 0 Å². The molecule has 0 saturated carbocycles. The van der Waals surface area contributed by atoms with Crippen molar-refractivity contribution in [1.29, 1.82) is 0 Å². The van der Waals surface area contributed by atoms with Gasteiger partial charge in [0.1, 0.15) is 0 Å². The van der Waals surface area contributed by atoms with Crippen LogP contribution in [-0.2, 0) is 6.42 Å². The van der Waals surface area contributed by atoms with Crippen LogP contribution in [0, 0.1) is 0 Å². The van der Waals surface area contributed by atoms with E-state index in [1.807, 2.05) is 25.1 Å². The largest absolute Gasteiger partial charge is 0.358 e. The lowest BCUT2D eigenvalue weighted by Crippen LogP contribution is -1.86. The molecule has 0 radical (unpaired) electrons. The second-order valence-electron chi connectivity index (χ2n) is 3.15. The molecule has 0 amide bonds. The molecular formula is C11H10BrNO. The number of fused-ring (bicyclic) bond motifs is 1. The van der Waals surface area contributed by atoms with Gasteiger partial charge >= 0.3 is 0 Å². The van der Waals surface area contributed by atoms with Crippen LogP contribution in [0.4, 0.5) is 0 Å². The Labute approximate surface area is 90.4 Å². The SMILES string of the molecule is CCc1[nH]c2cccc(Br)c2c1C=O. The molecule has 0 saturated heterocycles. The number of hydrogen-bond donors (Lipinski definition) is 1. The molecule has 1 aromatic carbocycles. The van der Waals surface area contributed by atoms with Gasteiger partial charge in [0.2, 0.25) is 0 Å². The third-order valence-corrected chi connectivity index (χ3v) is 3.03. The zero-order valence-corrected chi connectivity index (χ0v) is 9.39. The monoisotopic (exact) mass is 251 g/mol. The minimum absolute atomic E-state index is 0.773. The van der Waals surface area contributed by atoms with Crippen LogP contribution in [0.2, 0.25) is 0 Å². The summed E-state index contributed by atoms with van der Waals surface area (Å²) in [5, 5.41) is 0.986. The van der Waals surface area contributed by atoms with E-state index >= 15 is 0 Å². The van der Waals surface area contributed by atoms with Crippen molar-refractivity contribution in [2.45, 2.75) is 13.3 Å². The predicted octanol–water partition coefficient (Wildman–Crippen LogP) is 3.31. The highest BCUT2D eigenvalue weighted by Crippen LogP contribution is 2.28. The number of hydrogen-bond acceptors (Lipinski definition) is 1. The number of carbonyl (C=O) groups excluding carboxylic acids is 1. The van der Waals surface area contributed by atoms with Crippen molar-refractivity contribution in [3.05, 3.63) is 33.9 Å². The first kappa shape index (κ1) is 9.46. The first-order chi connectivity index (χ1) is 6.77. The molecule has 0 fully saturated rings. The Hall–Kier alpha value is -1.09. The zero-order valence-electron chi connectivity index (χ0n) is 7.80. The van der Waals surface area contributed by atoms with E-state index in [1.165, 1.54) is 0 Å². The Morgan fingerprint density at radius 2 is 2.29 bits per heavy atom. The normalized spacial score (nSPS) is 10.7. The van der Waals surface area contributed by atoms with E-state index in [9.17, 15) is 4.79 Å². The van der Waals surface area contributed by atoms with Crippen LogP contribution in [0.3, 0.4) is 0 Å². The van der Waals surface area contributed by atoms with Crippen LogP contribution in [-0.4, -0.2) is 11.3 Å². The van der Waals surface area contributed by atoms with Crippen molar-refractivity contribution in [3.63, 3.8) is 0 Å². The van der Waals surface area contributed by atoms with Crippen LogP contribution in [0.1, 0.15) is 23.0 Å². The molecule has 2 rings (SSSR count). The second-order valence-corrected chi connectivity index (χ2v) is 4.01. The topological polar surface area (TPSA) is 32.9 Å². The number of rotatable bonds is 2. The van der Waals surface area contributed by atoms with Crippen molar-refractivity contribution in [2.75, 3.05) is 0 Å². The van der Waals surface area contributed by atoms with E-state index in [4.69, 9.17) is 0 Å². The Balaban J connectivity index is 2.88. The Morgan fingerprint density at radius 3 is 2.93 bits per heavy atom. The summed E-state index contributed by atoms with van der Waals surface area (Å²) >= 11 is 3.45. The number of aryl methyl sites for hydroxylation is 1. The van der Waals surface area contributed by atoms with Crippen LogP contribution >= 0.6 is 15.9 Å². The first-order valence-electron chi connectivity index (χ1n) is 4.52. The molecule has 0 aliphatic rings. The number of aromatic nitrogens is 1. The van der Waals surface area contributed by atoms with Crippen LogP contribution < -0.4 is 0 Å². The van der Waals surface area contributed by atoms with E-state index < -0.39 is 0 Å². The summed E-state index contributed by atoms with van der Waals surface area (Å²) in [5.74, 6) is 0. The van der Waals surface area contributed by atoms with Gasteiger partial charge in [-0.3, -0.25) is 4.79 Å². The zero-order chi connectivity index (χ0) is 10.1. The summed E-state index contributed by atoms with van der Waals surface area (Å²) in [4.78, 5) is 14.2. The van der Waals surface area contributed by atoms with Gasteiger partial charge in [-0.1, -0.05) is 28.9 Å². The molecule has 0 spiro atoms. The van der Waals surface area contributed by atoms with Crippen LogP contribution in [0.5, 0.6) is 0 Å². The molecular weight excluding hydrogens is 242 g/mol. The first-order valence-corrected chi connectivity index (χ1v) is 5.31. The highest BCUT2D eigenvalue weighted by molar-refractivity contribution is 9.10. The number of carbonyl (C=O) groups is 1. The summed E-state index contributed by atoms with van der Waals surface area (Å²) in [6, 6.07) is 5.88. The number of nitrogens with one attached hydrogen (secondary N) is 1. The van der Waals surface area contributed by atoms with E-state index in [0.29, 0.717) is 0 Å². The van der Waals surface area contributed by atoms with Gasteiger partial charge in [-0.05, 0) is 18.6 Å². The summed E-state index contributed by atoms with van der Waals surface area (Å²) in [6.07, 6.45) is 1.76. The molecule has 1 heterocycles. The highest BCUT2D eigenvalue weighted by Gasteiger charge is 2.11. The number of benzene rings is 1. The van der Waals surface area contributed by atoms with Crippen molar-refractivity contribution >= 4 is 33.1 Å². The molecule has 2 nitrogen and oxygen atoms in total. The van der Waals surface area contributed by atoms with Gasteiger partial charge in [-0.2, -0.15) is 0 Å². The maximum atomic E-state index is 11.0. The van der Waals surface area contributed by atoms with Gasteiger partial charge in [-0.15, -0.1) is 0 Å². The maximum Gasteiger partial charge on any atom is 0.152 e. The summed E-state index contributed by atoms with van der Waals surface area (Å²) < 4.78 is 0.966. The van der Waals surface area contributed by atoms with Gasteiger partial charge in [0, 0.05) is 26.6 Å². The molecule has 0 aliphatic heterocycles. The fourth-order valence-electron chi connectivity index (χ4n) is 1.69. The fourth-order valence-corrected chi connectivity index (χ4v) is 2.27.